The average Bonchev–Trinajstić information content (AvgIpc) is 2.54. The lowest BCUT2D eigenvalue weighted by Crippen LogP contribution is -2.28. The van der Waals surface area contributed by atoms with Gasteiger partial charge >= 0.3 is 15.6 Å². The van der Waals surface area contributed by atoms with Gasteiger partial charge in [0.1, 0.15) is 5.75 Å². The molecule has 1 N–H and O–H groups in total. The molecule has 0 spiro atoms. The van der Waals surface area contributed by atoms with Crippen LogP contribution in [0.2, 0.25) is 0 Å². The Hall–Kier alpha value is -2.07. The summed E-state index contributed by atoms with van der Waals surface area (Å²) in [6, 6.07) is 5.64. The van der Waals surface area contributed by atoms with E-state index in [2.05, 4.69) is 14.5 Å². The summed E-state index contributed by atoms with van der Waals surface area (Å²) in [4.78, 5) is 4.21. The van der Waals surface area contributed by atoms with Gasteiger partial charge in [-0.25, -0.2) is 0 Å². The first-order valence-electron chi connectivity index (χ1n) is 7.49. The quantitative estimate of drug-likeness (QED) is 0.653. The highest BCUT2D eigenvalue weighted by atomic mass is 32.2. The number of aromatic nitrogens is 1. The van der Waals surface area contributed by atoms with Crippen LogP contribution in [0.4, 0.5) is 18.9 Å². The van der Waals surface area contributed by atoms with E-state index < -0.39 is 21.4 Å². The van der Waals surface area contributed by atoms with Crippen molar-refractivity contribution in [1.29, 1.82) is 0 Å². The first-order chi connectivity index (χ1) is 11.7. The van der Waals surface area contributed by atoms with Crippen molar-refractivity contribution < 1.29 is 30.5 Å². The Labute approximate surface area is 142 Å². The van der Waals surface area contributed by atoms with Crippen LogP contribution >= 0.6 is 0 Å². The molecule has 1 fully saturated rings. The first-order valence-corrected chi connectivity index (χ1v) is 8.90. The van der Waals surface area contributed by atoms with Gasteiger partial charge in [0.05, 0.1) is 17.4 Å². The lowest BCUT2D eigenvalue weighted by molar-refractivity contribution is -0.0500. The number of pyridine rings is 1. The Morgan fingerprint density at radius 1 is 1.20 bits per heavy atom. The molecule has 0 radical (unpaired) electrons. The van der Waals surface area contributed by atoms with Crippen LogP contribution in [0.5, 0.6) is 5.75 Å². The van der Waals surface area contributed by atoms with E-state index in [4.69, 9.17) is 4.74 Å². The lowest BCUT2D eigenvalue weighted by Gasteiger charge is -2.24. The molecule has 1 aromatic heterocycles. The molecule has 1 aromatic carbocycles. The number of anilines is 1. The van der Waals surface area contributed by atoms with Gasteiger partial charge in [0.25, 0.3) is 0 Å². The zero-order valence-electron chi connectivity index (χ0n) is 12.9. The van der Waals surface area contributed by atoms with Gasteiger partial charge in [-0.3, -0.25) is 4.98 Å². The SMILES string of the molecule is O=S(=O)(Oc1ccc2ncc(NC3CCOCC3)cc2c1)C(F)(F)F. The number of hydrogen-bond donors (Lipinski definition) is 1. The van der Waals surface area contributed by atoms with E-state index in [9.17, 15) is 21.6 Å². The Morgan fingerprint density at radius 2 is 1.92 bits per heavy atom. The molecule has 0 amide bonds. The standard InChI is InChI=1S/C15H15F3N2O4S/c16-15(17,18)25(21,22)24-13-1-2-14-10(8-13)7-12(9-19-14)20-11-3-5-23-6-4-11/h1-2,7-9,11,20H,3-6H2. The van der Waals surface area contributed by atoms with Gasteiger partial charge in [0.2, 0.25) is 0 Å². The second-order valence-electron chi connectivity index (χ2n) is 5.59. The van der Waals surface area contributed by atoms with Gasteiger partial charge in [-0.05, 0) is 37.1 Å². The van der Waals surface area contributed by atoms with E-state index in [-0.39, 0.29) is 6.04 Å². The molecule has 6 nitrogen and oxygen atoms in total. The molecule has 1 saturated heterocycles. The minimum atomic E-state index is -5.70. The Morgan fingerprint density at radius 3 is 2.60 bits per heavy atom. The molecule has 136 valence electrons. The predicted octanol–water partition coefficient (Wildman–Crippen LogP) is 3.05. The van der Waals surface area contributed by atoms with Gasteiger partial charge in [-0.15, -0.1) is 0 Å². The molecule has 0 atom stereocenters. The molecule has 0 unspecified atom stereocenters. The fourth-order valence-corrected chi connectivity index (χ4v) is 2.94. The van der Waals surface area contributed by atoms with Crippen molar-refractivity contribution in [2.24, 2.45) is 0 Å². The summed E-state index contributed by atoms with van der Waals surface area (Å²) >= 11 is 0. The number of hydrogen-bond acceptors (Lipinski definition) is 6. The second kappa shape index (κ2) is 6.68. The second-order valence-corrected chi connectivity index (χ2v) is 7.13. The zero-order valence-corrected chi connectivity index (χ0v) is 13.7. The van der Waals surface area contributed by atoms with Crippen LogP contribution in [0.15, 0.2) is 30.5 Å². The van der Waals surface area contributed by atoms with Crippen LogP contribution in [0.1, 0.15) is 12.8 Å². The van der Waals surface area contributed by atoms with Crippen LogP contribution in [0.25, 0.3) is 10.9 Å². The third-order valence-electron chi connectivity index (χ3n) is 3.73. The number of rotatable bonds is 4. The number of ether oxygens (including phenoxy) is 1. The average molecular weight is 376 g/mol. The van der Waals surface area contributed by atoms with Crippen molar-refractivity contribution in [3.63, 3.8) is 0 Å². The van der Waals surface area contributed by atoms with E-state index in [1.54, 1.807) is 12.3 Å². The molecule has 25 heavy (non-hydrogen) atoms. The maximum absolute atomic E-state index is 12.4. The summed E-state index contributed by atoms with van der Waals surface area (Å²) in [6.07, 6.45) is 3.29. The monoisotopic (exact) mass is 376 g/mol. The fraction of sp³-hybridized carbons (Fsp3) is 0.400. The third kappa shape index (κ3) is 4.13. The van der Waals surface area contributed by atoms with Crippen molar-refractivity contribution in [3.8, 4) is 5.75 Å². The third-order valence-corrected chi connectivity index (χ3v) is 4.71. The number of nitrogens with zero attached hydrogens (tertiary/aromatic N) is 1. The van der Waals surface area contributed by atoms with E-state index >= 15 is 0 Å². The molecule has 10 heteroatoms. The van der Waals surface area contributed by atoms with Crippen LogP contribution < -0.4 is 9.50 Å². The maximum Gasteiger partial charge on any atom is 0.534 e. The topological polar surface area (TPSA) is 77.5 Å². The van der Waals surface area contributed by atoms with E-state index in [1.807, 2.05) is 0 Å². The Balaban J connectivity index is 1.83. The summed E-state index contributed by atoms with van der Waals surface area (Å²) in [6.45, 7) is 1.32. The summed E-state index contributed by atoms with van der Waals surface area (Å²) in [5.74, 6) is -0.421. The number of nitrogens with one attached hydrogen (secondary N) is 1. The lowest BCUT2D eigenvalue weighted by atomic mass is 10.1. The van der Waals surface area contributed by atoms with Crippen molar-refractivity contribution in [2.45, 2.75) is 24.4 Å². The van der Waals surface area contributed by atoms with Gasteiger partial charge < -0.3 is 14.2 Å². The summed E-state index contributed by atoms with van der Waals surface area (Å²) in [5.41, 5.74) is -4.28. The highest BCUT2D eigenvalue weighted by Gasteiger charge is 2.48. The van der Waals surface area contributed by atoms with Gasteiger partial charge in [-0.1, -0.05) is 0 Å². The summed E-state index contributed by atoms with van der Waals surface area (Å²) in [7, 11) is -5.70. The molecule has 0 bridgehead atoms. The van der Waals surface area contributed by atoms with Gasteiger partial charge in [0, 0.05) is 24.6 Å². The molecule has 3 rings (SSSR count). The minimum Gasteiger partial charge on any atom is -0.381 e. The normalized spacial score (nSPS) is 16.8. The molecular weight excluding hydrogens is 361 g/mol. The summed E-state index contributed by atoms with van der Waals surface area (Å²) < 4.78 is 68.9. The molecule has 2 aromatic rings. The van der Waals surface area contributed by atoms with Crippen LogP contribution in [-0.4, -0.2) is 38.2 Å². The van der Waals surface area contributed by atoms with E-state index in [0.29, 0.717) is 29.8 Å². The van der Waals surface area contributed by atoms with Crippen LogP contribution in [-0.2, 0) is 14.9 Å². The molecule has 2 heterocycles. The van der Waals surface area contributed by atoms with Crippen molar-refractivity contribution in [3.05, 3.63) is 30.5 Å². The summed E-state index contributed by atoms with van der Waals surface area (Å²) in [5, 5.41) is 3.75. The molecular formula is C15H15F3N2O4S. The van der Waals surface area contributed by atoms with E-state index in [1.165, 1.54) is 12.1 Å². The molecule has 1 aliphatic heterocycles. The first kappa shape index (κ1) is 17.7. The Kier molecular flexibility index (Phi) is 4.74. The Bertz CT molecular complexity index is 865. The number of halogens is 3. The predicted molar refractivity (Wildman–Crippen MR) is 84.8 cm³/mol. The smallest absolute Gasteiger partial charge is 0.381 e. The van der Waals surface area contributed by atoms with Crippen molar-refractivity contribution >= 4 is 26.7 Å². The zero-order chi connectivity index (χ0) is 18.1. The molecule has 1 aliphatic rings. The van der Waals surface area contributed by atoms with Gasteiger partial charge in [-0.2, -0.15) is 21.6 Å². The number of alkyl halides is 3. The number of benzene rings is 1. The fourth-order valence-electron chi connectivity index (χ4n) is 2.49. The van der Waals surface area contributed by atoms with Crippen LogP contribution in [0, 0.1) is 0 Å². The maximum atomic E-state index is 12.4. The largest absolute Gasteiger partial charge is 0.534 e. The highest BCUT2D eigenvalue weighted by molar-refractivity contribution is 7.88. The minimum absolute atomic E-state index is 0.220. The molecule has 0 aliphatic carbocycles. The number of fused-ring (bicyclic) bond motifs is 1. The van der Waals surface area contributed by atoms with E-state index in [0.717, 1.165) is 18.9 Å². The van der Waals surface area contributed by atoms with Crippen LogP contribution in [0.3, 0.4) is 0 Å². The van der Waals surface area contributed by atoms with Crippen molar-refractivity contribution in [1.82, 2.24) is 4.98 Å². The van der Waals surface area contributed by atoms with Gasteiger partial charge in [0.15, 0.2) is 0 Å². The highest BCUT2D eigenvalue weighted by Crippen LogP contribution is 2.29. The molecule has 0 saturated carbocycles. The van der Waals surface area contributed by atoms with Crippen molar-refractivity contribution in [2.75, 3.05) is 18.5 Å².